The third kappa shape index (κ3) is 2.29. The van der Waals surface area contributed by atoms with Gasteiger partial charge in [0.1, 0.15) is 0 Å². The highest BCUT2D eigenvalue weighted by molar-refractivity contribution is 14.1. The fourth-order valence-corrected chi connectivity index (χ4v) is 3.46. The number of ether oxygens (including phenoxy) is 1. The number of hydrogen-bond donors (Lipinski definition) is 0. The molecular formula is C11H7I2NO2. The summed E-state index contributed by atoms with van der Waals surface area (Å²) in [6.45, 7) is 1.40. The molecular weight excluding hydrogens is 432 g/mol. The van der Waals surface area contributed by atoms with Crippen LogP contribution in [-0.4, -0.2) is 11.0 Å². The van der Waals surface area contributed by atoms with Gasteiger partial charge in [0.2, 0.25) is 0 Å². The van der Waals surface area contributed by atoms with E-state index in [4.69, 9.17) is 4.74 Å². The zero-order valence-electron chi connectivity index (χ0n) is 8.33. The van der Waals surface area contributed by atoms with Crippen molar-refractivity contribution in [1.29, 1.82) is 0 Å². The van der Waals surface area contributed by atoms with E-state index in [1.807, 2.05) is 12.1 Å². The number of fused-ring (bicyclic) bond motifs is 1. The third-order valence-electron chi connectivity index (χ3n) is 2.04. The van der Waals surface area contributed by atoms with Gasteiger partial charge in [-0.3, -0.25) is 9.78 Å². The van der Waals surface area contributed by atoms with Gasteiger partial charge in [-0.15, -0.1) is 0 Å². The van der Waals surface area contributed by atoms with E-state index in [2.05, 4.69) is 50.2 Å². The lowest BCUT2D eigenvalue weighted by Gasteiger charge is -2.09. The highest BCUT2D eigenvalue weighted by Crippen LogP contribution is 2.33. The Morgan fingerprint density at radius 3 is 2.75 bits per heavy atom. The highest BCUT2D eigenvalue weighted by atomic mass is 127. The van der Waals surface area contributed by atoms with E-state index < -0.39 is 0 Å². The van der Waals surface area contributed by atoms with E-state index in [0.717, 1.165) is 17.9 Å². The summed E-state index contributed by atoms with van der Waals surface area (Å²) >= 11 is 4.41. The van der Waals surface area contributed by atoms with Gasteiger partial charge in [-0.2, -0.15) is 0 Å². The first-order chi connectivity index (χ1) is 7.59. The van der Waals surface area contributed by atoms with Crippen LogP contribution in [0.1, 0.15) is 6.92 Å². The molecule has 2 aromatic rings. The lowest BCUT2D eigenvalue weighted by atomic mass is 10.1. The first-order valence-electron chi connectivity index (χ1n) is 4.49. The highest BCUT2D eigenvalue weighted by Gasteiger charge is 2.12. The molecule has 0 bridgehead atoms. The number of halogens is 2. The van der Waals surface area contributed by atoms with Crippen molar-refractivity contribution in [1.82, 2.24) is 4.98 Å². The van der Waals surface area contributed by atoms with E-state index in [-0.39, 0.29) is 5.97 Å². The maximum absolute atomic E-state index is 11.1. The van der Waals surface area contributed by atoms with Crippen molar-refractivity contribution < 1.29 is 9.53 Å². The second-order valence-corrected chi connectivity index (χ2v) is 5.51. The normalized spacial score (nSPS) is 10.4. The van der Waals surface area contributed by atoms with Gasteiger partial charge in [0, 0.05) is 33.7 Å². The van der Waals surface area contributed by atoms with Gasteiger partial charge in [0.15, 0.2) is 5.75 Å². The topological polar surface area (TPSA) is 39.2 Å². The number of carbonyl (C=O) groups excluding carboxylic acids is 1. The molecule has 2 rings (SSSR count). The number of aromatic nitrogens is 1. The molecule has 3 nitrogen and oxygen atoms in total. The van der Waals surface area contributed by atoms with E-state index in [1.54, 1.807) is 12.4 Å². The number of benzene rings is 1. The van der Waals surface area contributed by atoms with Crippen molar-refractivity contribution in [3.8, 4) is 5.75 Å². The minimum atomic E-state index is -0.308. The van der Waals surface area contributed by atoms with Gasteiger partial charge in [0.05, 0.1) is 3.57 Å². The van der Waals surface area contributed by atoms with Gasteiger partial charge in [-0.05, 0) is 57.3 Å². The SMILES string of the molecule is CC(=O)Oc1c(I)cc(I)c2cnccc12. The summed E-state index contributed by atoms with van der Waals surface area (Å²) in [6.07, 6.45) is 3.47. The molecule has 82 valence electrons. The summed E-state index contributed by atoms with van der Waals surface area (Å²) in [7, 11) is 0. The third-order valence-corrected chi connectivity index (χ3v) is 3.73. The maximum Gasteiger partial charge on any atom is 0.308 e. The average molecular weight is 439 g/mol. The standard InChI is InChI=1S/C11H7I2NO2/c1-6(15)16-11-7-2-3-14-5-8(7)9(12)4-10(11)13/h2-5H,1H3. The molecule has 5 heteroatoms. The summed E-state index contributed by atoms with van der Waals surface area (Å²) < 4.78 is 7.26. The number of nitrogens with zero attached hydrogens (tertiary/aromatic N) is 1. The summed E-state index contributed by atoms with van der Waals surface area (Å²) in [6, 6.07) is 3.83. The summed E-state index contributed by atoms with van der Waals surface area (Å²) in [5, 5.41) is 1.92. The molecule has 1 aromatic carbocycles. The Kier molecular flexibility index (Phi) is 3.63. The minimum absolute atomic E-state index is 0.308. The Morgan fingerprint density at radius 2 is 2.06 bits per heavy atom. The number of carbonyl (C=O) groups is 1. The summed E-state index contributed by atoms with van der Waals surface area (Å²) in [5.74, 6) is 0.308. The second-order valence-electron chi connectivity index (χ2n) is 3.18. The molecule has 1 heterocycles. The number of rotatable bonds is 1. The van der Waals surface area contributed by atoms with Crippen LogP contribution >= 0.6 is 45.2 Å². The Morgan fingerprint density at radius 1 is 1.31 bits per heavy atom. The van der Waals surface area contributed by atoms with Crippen LogP contribution in [0.3, 0.4) is 0 Å². The molecule has 0 saturated heterocycles. The fourth-order valence-electron chi connectivity index (χ4n) is 1.41. The van der Waals surface area contributed by atoms with Crippen LogP contribution in [0.5, 0.6) is 5.75 Å². The van der Waals surface area contributed by atoms with Crippen LogP contribution in [-0.2, 0) is 4.79 Å². The predicted molar refractivity (Wildman–Crippen MR) is 78.5 cm³/mol. The Hall–Kier alpha value is -0.440. The maximum atomic E-state index is 11.1. The fraction of sp³-hybridized carbons (Fsp3) is 0.0909. The lowest BCUT2D eigenvalue weighted by molar-refractivity contribution is -0.131. The minimum Gasteiger partial charge on any atom is -0.425 e. The number of esters is 1. The van der Waals surface area contributed by atoms with Crippen molar-refractivity contribution in [2.45, 2.75) is 6.92 Å². The average Bonchev–Trinajstić information content (AvgIpc) is 2.24. The van der Waals surface area contributed by atoms with Crippen molar-refractivity contribution in [2.75, 3.05) is 0 Å². The molecule has 0 radical (unpaired) electrons. The predicted octanol–water partition coefficient (Wildman–Crippen LogP) is 3.37. The van der Waals surface area contributed by atoms with Crippen LogP contribution in [0.2, 0.25) is 0 Å². The summed E-state index contributed by atoms with van der Waals surface area (Å²) in [4.78, 5) is 15.1. The van der Waals surface area contributed by atoms with Crippen LogP contribution in [0.25, 0.3) is 10.8 Å². The first kappa shape index (κ1) is 12.0. The first-order valence-corrected chi connectivity index (χ1v) is 6.65. The molecule has 0 saturated carbocycles. The van der Waals surface area contributed by atoms with Gasteiger partial charge in [0.25, 0.3) is 0 Å². The molecule has 0 atom stereocenters. The van der Waals surface area contributed by atoms with Gasteiger partial charge in [-0.25, -0.2) is 0 Å². The lowest BCUT2D eigenvalue weighted by Crippen LogP contribution is -2.04. The molecule has 0 spiro atoms. The number of hydrogen-bond acceptors (Lipinski definition) is 3. The molecule has 0 amide bonds. The van der Waals surface area contributed by atoms with Crippen molar-refractivity contribution in [3.63, 3.8) is 0 Å². The van der Waals surface area contributed by atoms with Crippen LogP contribution in [0.4, 0.5) is 0 Å². The molecule has 0 N–H and O–H groups in total. The zero-order chi connectivity index (χ0) is 11.7. The van der Waals surface area contributed by atoms with E-state index in [1.165, 1.54) is 6.92 Å². The Bertz CT molecular complexity index is 569. The van der Waals surface area contributed by atoms with E-state index in [9.17, 15) is 4.79 Å². The van der Waals surface area contributed by atoms with Gasteiger partial charge in [-0.1, -0.05) is 0 Å². The number of pyridine rings is 1. The quantitative estimate of drug-likeness (QED) is 0.389. The van der Waals surface area contributed by atoms with Crippen molar-refractivity contribution in [2.24, 2.45) is 0 Å². The molecule has 0 aliphatic heterocycles. The molecule has 0 aliphatic carbocycles. The monoisotopic (exact) mass is 439 g/mol. The van der Waals surface area contributed by atoms with E-state index >= 15 is 0 Å². The molecule has 16 heavy (non-hydrogen) atoms. The zero-order valence-corrected chi connectivity index (χ0v) is 12.6. The van der Waals surface area contributed by atoms with Crippen LogP contribution in [0.15, 0.2) is 24.5 Å². The summed E-state index contributed by atoms with van der Waals surface area (Å²) in [5.41, 5.74) is 0. The smallest absolute Gasteiger partial charge is 0.308 e. The van der Waals surface area contributed by atoms with Gasteiger partial charge >= 0.3 is 5.97 Å². The second kappa shape index (κ2) is 4.82. The van der Waals surface area contributed by atoms with E-state index in [0.29, 0.717) is 5.75 Å². The Labute approximate surface area is 120 Å². The van der Waals surface area contributed by atoms with Crippen molar-refractivity contribution >= 4 is 61.9 Å². The molecule has 0 unspecified atom stereocenters. The Balaban J connectivity index is 2.76. The molecule has 0 fully saturated rings. The van der Waals surface area contributed by atoms with Crippen LogP contribution in [0, 0.1) is 7.14 Å². The van der Waals surface area contributed by atoms with Gasteiger partial charge < -0.3 is 4.74 Å². The molecule has 0 aliphatic rings. The molecule has 1 aromatic heterocycles. The van der Waals surface area contributed by atoms with Crippen LogP contribution < -0.4 is 4.74 Å². The largest absolute Gasteiger partial charge is 0.425 e. The van der Waals surface area contributed by atoms with Crippen molar-refractivity contribution in [3.05, 3.63) is 31.7 Å².